The fourth-order valence-corrected chi connectivity index (χ4v) is 3.19. The number of rotatable bonds is 0. The molecule has 0 nitrogen and oxygen atoms in total. The lowest BCUT2D eigenvalue weighted by molar-refractivity contribution is 0.327. The summed E-state index contributed by atoms with van der Waals surface area (Å²) in [5.74, 6) is 0.780. The summed E-state index contributed by atoms with van der Waals surface area (Å²) in [6.45, 7) is 8.77. The van der Waals surface area contributed by atoms with Gasteiger partial charge in [-0.05, 0) is 25.2 Å². The lowest BCUT2D eigenvalue weighted by Crippen LogP contribution is -2.35. The molecule has 2 unspecified atom stereocenters. The third-order valence-corrected chi connectivity index (χ3v) is 4.91. The van der Waals surface area contributed by atoms with E-state index in [1.165, 1.54) is 24.8 Å². The molecule has 2 rings (SSSR count). The molecule has 0 N–H and O–H groups in total. The second-order valence-electron chi connectivity index (χ2n) is 4.62. The van der Waals surface area contributed by atoms with Crippen LogP contribution >= 0.6 is 12.6 Å². The second-order valence-corrected chi connectivity index (χ2v) is 5.48. The number of fused-ring (bicyclic) bond motifs is 2. The Morgan fingerprint density at radius 3 is 2.45 bits per heavy atom. The Morgan fingerprint density at radius 2 is 2.18 bits per heavy atom. The average Bonchev–Trinajstić information content (AvgIpc) is 2.36. The summed E-state index contributed by atoms with van der Waals surface area (Å²) in [6.07, 6.45) is 3.88. The van der Waals surface area contributed by atoms with Crippen molar-refractivity contribution in [3.05, 3.63) is 12.2 Å². The monoisotopic (exact) mass is 168 g/mol. The van der Waals surface area contributed by atoms with Crippen LogP contribution in [0.15, 0.2) is 12.2 Å². The van der Waals surface area contributed by atoms with Crippen molar-refractivity contribution in [2.75, 3.05) is 0 Å². The van der Waals surface area contributed by atoms with Gasteiger partial charge in [0, 0.05) is 10.2 Å². The van der Waals surface area contributed by atoms with Gasteiger partial charge in [0.25, 0.3) is 0 Å². The van der Waals surface area contributed by atoms with E-state index in [4.69, 9.17) is 12.6 Å². The quantitative estimate of drug-likeness (QED) is 0.417. The van der Waals surface area contributed by atoms with Gasteiger partial charge in [-0.2, -0.15) is 12.6 Å². The summed E-state index contributed by atoms with van der Waals surface area (Å²) in [6, 6.07) is 0. The van der Waals surface area contributed by atoms with E-state index in [1.54, 1.807) is 0 Å². The predicted molar refractivity (Wildman–Crippen MR) is 52.0 cm³/mol. The van der Waals surface area contributed by atoms with Gasteiger partial charge >= 0.3 is 0 Å². The Bertz CT molecular complexity index is 217. The Kier molecular flexibility index (Phi) is 1.32. The maximum Gasteiger partial charge on any atom is 0.0223 e. The Morgan fingerprint density at radius 1 is 1.55 bits per heavy atom. The summed E-state index contributed by atoms with van der Waals surface area (Å²) in [4.78, 5) is 0. The van der Waals surface area contributed by atoms with Crippen LogP contribution in [0.3, 0.4) is 0 Å². The highest BCUT2D eigenvalue weighted by atomic mass is 32.1. The van der Waals surface area contributed by atoms with Crippen LogP contribution in [-0.4, -0.2) is 4.75 Å². The zero-order valence-corrected chi connectivity index (χ0v) is 8.25. The molecule has 0 aliphatic heterocycles. The fourth-order valence-electron chi connectivity index (χ4n) is 2.70. The molecule has 0 radical (unpaired) electrons. The molecule has 2 aliphatic carbocycles. The number of hydrogen-bond donors (Lipinski definition) is 1. The number of thiol groups is 1. The zero-order valence-electron chi connectivity index (χ0n) is 7.35. The highest BCUT2D eigenvalue weighted by Gasteiger charge is 2.56. The molecule has 1 heteroatoms. The van der Waals surface area contributed by atoms with Crippen molar-refractivity contribution in [2.24, 2.45) is 11.3 Å². The molecule has 0 spiro atoms. The molecule has 62 valence electrons. The average molecular weight is 168 g/mol. The first-order chi connectivity index (χ1) is 4.97. The molecule has 11 heavy (non-hydrogen) atoms. The van der Waals surface area contributed by atoms with Crippen LogP contribution in [0, 0.1) is 11.3 Å². The summed E-state index contributed by atoms with van der Waals surface area (Å²) in [5.41, 5.74) is 1.72. The van der Waals surface area contributed by atoms with E-state index < -0.39 is 0 Å². The minimum atomic E-state index is 0.273. The van der Waals surface area contributed by atoms with Crippen molar-refractivity contribution < 1.29 is 0 Å². The Hall–Kier alpha value is 0.0900. The molecule has 2 aliphatic rings. The molecule has 0 aromatic carbocycles. The highest BCUT2D eigenvalue weighted by molar-refractivity contribution is 7.81. The van der Waals surface area contributed by atoms with E-state index in [9.17, 15) is 0 Å². The minimum Gasteiger partial charge on any atom is -0.172 e. The molecule has 2 fully saturated rings. The molecule has 2 bridgehead atoms. The van der Waals surface area contributed by atoms with E-state index in [0.717, 1.165) is 5.92 Å². The van der Waals surface area contributed by atoms with Crippen LogP contribution in [0.25, 0.3) is 0 Å². The predicted octanol–water partition coefficient (Wildman–Crippen LogP) is 3.05. The van der Waals surface area contributed by atoms with E-state index in [0.29, 0.717) is 0 Å². The van der Waals surface area contributed by atoms with Gasteiger partial charge < -0.3 is 0 Å². The number of hydrogen-bond acceptors (Lipinski definition) is 1. The van der Waals surface area contributed by atoms with E-state index >= 15 is 0 Å². The topological polar surface area (TPSA) is 0 Å². The molecule has 0 saturated heterocycles. The third kappa shape index (κ3) is 0.729. The first kappa shape index (κ1) is 7.72. The van der Waals surface area contributed by atoms with Crippen molar-refractivity contribution in [2.45, 2.75) is 37.9 Å². The first-order valence-corrected chi connectivity index (χ1v) is 4.84. The van der Waals surface area contributed by atoms with Gasteiger partial charge in [-0.25, -0.2) is 0 Å². The molecular weight excluding hydrogens is 152 g/mol. The lowest BCUT2D eigenvalue weighted by Gasteiger charge is -2.39. The smallest absolute Gasteiger partial charge is 0.0223 e. The standard InChI is InChI=1S/C10H16S/c1-7-8-4-5-10(11,6-8)9(7,2)3/h8,11H,1,4-6H2,2-3H3. The summed E-state index contributed by atoms with van der Waals surface area (Å²) < 4.78 is 0.273. The molecule has 2 atom stereocenters. The summed E-state index contributed by atoms with van der Waals surface area (Å²) in [5, 5.41) is 0. The van der Waals surface area contributed by atoms with Crippen LogP contribution in [0.4, 0.5) is 0 Å². The SMILES string of the molecule is C=C1C2CCC(S)(C2)C1(C)C. The van der Waals surface area contributed by atoms with E-state index in [1.807, 2.05) is 0 Å². The fraction of sp³-hybridized carbons (Fsp3) is 0.800. The first-order valence-electron chi connectivity index (χ1n) is 4.39. The van der Waals surface area contributed by atoms with Gasteiger partial charge in [0.15, 0.2) is 0 Å². The molecule has 0 amide bonds. The third-order valence-electron chi connectivity index (χ3n) is 3.95. The van der Waals surface area contributed by atoms with Gasteiger partial charge in [0.2, 0.25) is 0 Å². The van der Waals surface area contributed by atoms with Gasteiger partial charge in [0.05, 0.1) is 0 Å². The van der Waals surface area contributed by atoms with Crippen LogP contribution in [0.5, 0.6) is 0 Å². The van der Waals surface area contributed by atoms with Gasteiger partial charge in [-0.15, -0.1) is 0 Å². The molecule has 0 aromatic heterocycles. The van der Waals surface area contributed by atoms with Crippen LogP contribution in [-0.2, 0) is 0 Å². The van der Waals surface area contributed by atoms with Crippen molar-refractivity contribution in [3.63, 3.8) is 0 Å². The zero-order chi connectivity index (χ0) is 8.28. The van der Waals surface area contributed by atoms with Crippen LogP contribution in [0.1, 0.15) is 33.1 Å². The van der Waals surface area contributed by atoms with Gasteiger partial charge in [-0.3, -0.25) is 0 Å². The van der Waals surface area contributed by atoms with Gasteiger partial charge in [0.1, 0.15) is 0 Å². The molecule has 2 saturated carbocycles. The largest absolute Gasteiger partial charge is 0.172 e. The summed E-state index contributed by atoms with van der Waals surface area (Å²) >= 11 is 4.80. The van der Waals surface area contributed by atoms with Crippen molar-refractivity contribution in [1.82, 2.24) is 0 Å². The molecule has 0 aromatic rings. The minimum absolute atomic E-state index is 0.273. The summed E-state index contributed by atoms with van der Waals surface area (Å²) in [7, 11) is 0. The van der Waals surface area contributed by atoms with Crippen molar-refractivity contribution in [1.29, 1.82) is 0 Å². The van der Waals surface area contributed by atoms with E-state index in [-0.39, 0.29) is 10.2 Å². The van der Waals surface area contributed by atoms with Crippen molar-refractivity contribution >= 4 is 12.6 Å². The lowest BCUT2D eigenvalue weighted by atomic mass is 9.73. The van der Waals surface area contributed by atoms with Gasteiger partial charge in [-0.1, -0.05) is 26.0 Å². The Labute approximate surface area is 74.5 Å². The van der Waals surface area contributed by atoms with Crippen molar-refractivity contribution in [3.8, 4) is 0 Å². The maximum atomic E-state index is 4.80. The van der Waals surface area contributed by atoms with E-state index in [2.05, 4.69) is 20.4 Å². The maximum absolute atomic E-state index is 4.80. The number of allylic oxidation sites excluding steroid dienone is 1. The highest BCUT2D eigenvalue weighted by Crippen LogP contribution is 2.63. The Balaban J connectivity index is 2.44. The molecule has 0 heterocycles. The normalized spacial score (nSPS) is 46.8. The van der Waals surface area contributed by atoms with Crippen LogP contribution in [0.2, 0.25) is 0 Å². The molecular formula is C10H16S. The van der Waals surface area contributed by atoms with Crippen LogP contribution < -0.4 is 0 Å². The second kappa shape index (κ2) is 1.87.